The number of nitrogen functional groups attached to an aromatic ring is 1. The number of nitrogens with one attached hydrogen (secondary N) is 2. The average Bonchev–Trinajstić information content (AvgIpc) is 2.85. The van der Waals surface area contributed by atoms with Crippen LogP contribution in [0.4, 0.5) is 11.6 Å². The van der Waals surface area contributed by atoms with Crippen molar-refractivity contribution < 1.29 is 0 Å². The second-order valence-corrected chi connectivity index (χ2v) is 5.49. The molecule has 2 heterocycles. The van der Waals surface area contributed by atoms with Crippen molar-refractivity contribution in [1.82, 2.24) is 15.0 Å². The lowest BCUT2D eigenvalue weighted by atomic mass is 10.3. The van der Waals surface area contributed by atoms with Gasteiger partial charge < -0.3 is 10.7 Å². The highest BCUT2D eigenvalue weighted by Crippen LogP contribution is 2.23. The topological polar surface area (TPSA) is 88.8 Å². The Hall–Kier alpha value is -1.73. The second-order valence-electron chi connectivity index (χ2n) is 4.23. The maximum absolute atomic E-state index is 5.41. The fourth-order valence-corrected chi connectivity index (χ4v) is 2.44. The first-order valence-electron chi connectivity index (χ1n) is 6.15. The van der Waals surface area contributed by atoms with Gasteiger partial charge in [-0.05, 0) is 13.8 Å². The molecule has 0 aliphatic carbocycles. The van der Waals surface area contributed by atoms with Gasteiger partial charge in [0.05, 0.1) is 6.04 Å². The first-order valence-corrected chi connectivity index (χ1v) is 6.97. The van der Waals surface area contributed by atoms with Gasteiger partial charge >= 0.3 is 0 Å². The lowest BCUT2D eigenvalue weighted by Crippen LogP contribution is -2.13. The highest BCUT2D eigenvalue weighted by molar-refractivity contribution is 7.11. The van der Waals surface area contributed by atoms with E-state index in [1.165, 1.54) is 4.88 Å². The maximum Gasteiger partial charge on any atom is 0.145 e. The Kier molecular flexibility index (Phi) is 4.28. The lowest BCUT2D eigenvalue weighted by molar-refractivity contribution is 0.846. The van der Waals surface area contributed by atoms with Crippen LogP contribution in [0.25, 0.3) is 0 Å². The lowest BCUT2D eigenvalue weighted by Gasteiger charge is -2.13. The van der Waals surface area contributed by atoms with Crippen molar-refractivity contribution in [3.8, 4) is 0 Å². The van der Waals surface area contributed by atoms with Crippen LogP contribution in [-0.2, 0) is 6.42 Å². The van der Waals surface area contributed by atoms with Gasteiger partial charge in [-0.1, -0.05) is 6.92 Å². The zero-order chi connectivity index (χ0) is 13.8. The Morgan fingerprint density at radius 2 is 2.11 bits per heavy atom. The summed E-state index contributed by atoms with van der Waals surface area (Å²) in [5.74, 6) is 7.52. The van der Waals surface area contributed by atoms with E-state index >= 15 is 0 Å². The molecule has 1 atom stereocenters. The van der Waals surface area contributed by atoms with E-state index in [1.807, 2.05) is 20.0 Å². The number of rotatable bonds is 5. The molecule has 7 heteroatoms. The van der Waals surface area contributed by atoms with Gasteiger partial charge in [-0.3, -0.25) is 0 Å². The maximum atomic E-state index is 5.41. The van der Waals surface area contributed by atoms with Crippen LogP contribution in [0.15, 0.2) is 12.3 Å². The predicted octanol–water partition coefficient (Wildman–Crippen LogP) is 2.26. The van der Waals surface area contributed by atoms with E-state index in [0.29, 0.717) is 5.82 Å². The monoisotopic (exact) mass is 278 g/mol. The molecule has 2 rings (SSSR count). The molecule has 0 spiro atoms. The van der Waals surface area contributed by atoms with E-state index in [2.05, 4.69) is 32.6 Å². The van der Waals surface area contributed by atoms with Crippen LogP contribution in [0, 0.1) is 6.92 Å². The van der Waals surface area contributed by atoms with Crippen LogP contribution in [0.3, 0.4) is 0 Å². The standard InChI is InChI=1S/C12H18N6S/c1-4-9-16-10(5-11(17-9)18-13)15-8(3)12-14-6-7(2)19-12/h5-6,8H,4,13H2,1-3H3,(H2,15,16,17,18). The van der Waals surface area contributed by atoms with Gasteiger partial charge in [-0.15, -0.1) is 11.3 Å². The second kappa shape index (κ2) is 5.94. The minimum Gasteiger partial charge on any atom is -0.361 e. The summed E-state index contributed by atoms with van der Waals surface area (Å²) in [5, 5.41) is 4.36. The zero-order valence-electron chi connectivity index (χ0n) is 11.3. The van der Waals surface area contributed by atoms with Crippen LogP contribution in [-0.4, -0.2) is 15.0 Å². The smallest absolute Gasteiger partial charge is 0.145 e. The number of hydrogen-bond donors (Lipinski definition) is 3. The van der Waals surface area contributed by atoms with E-state index < -0.39 is 0 Å². The Morgan fingerprint density at radius 3 is 2.68 bits per heavy atom. The van der Waals surface area contributed by atoms with E-state index in [9.17, 15) is 0 Å². The minimum absolute atomic E-state index is 0.101. The van der Waals surface area contributed by atoms with Crippen molar-refractivity contribution in [3.63, 3.8) is 0 Å². The van der Waals surface area contributed by atoms with E-state index in [0.717, 1.165) is 23.1 Å². The number of nitrogens with two attached hydrogens (primary N) is 1. The number of aromatic nitrogens is 3. The third-order valence-electron chi connectivity index (χ3n) is 2.61. The van der Waals surface area contributed by atoms with Crippen molar-refractivity contribution in [3.05, 3.63) is 28.0 Å². The Balaban J connectivity index is 2.18. The molecule has 0 saturated carbocycles. The van der Waals surface area contributed by atoms with Crippen LogP contribution in [0.1, 0.15) is 35.6 Å². The molecular weight excluding hydrogens is 260 g/mol. The molecule has 4 N–H and O–H groups in total. The van der Waals surface area contributed by atoms with Gasteiger partial charge in [0, 0.05) is 23.6 Å². The highest BCUT2D eigenvalue weighted by atomic mass is 32.1. The number of thiazole rings is 1. The predicted molar refractivity (Wildman–Crippen MR) is 78.1 cm³/mol. The van der Waals surface area contributed by atoms with Crippen molar-refractivity contribution in [2.45, 2.75) is 33.2 Å². The molecule has 0 amide bonds. The summed E-state index contributed by atoms with van der Waals surface area (Å²) < 4.78 is 0. The molecule has 102 valence electrons. The first-order chi connectivity index (χ1) is 9.12. The third-order valence-corrected chi connectivity index (χ3v) is 3.71. The van der Waals surface area contributed by atoms with Gasteiger partial charge in [0.15, 0.2) is 0 Å². The largest absolute Gasteiger partial charge is 0.361 e. The van der Waals surface area contributed by atoms with Gasteiger partial charge in [-0.2, -0.15) is 0 Å². The van der Waals surface area contributed by atoms with Gasteiger partial charge in [-0.25, -0.2) is 20.8 Å². The molecule has 0 saturated heterocycles. The summed E-state index contributed by atoms with van der Waals surface area (Å²) >= 11 is 1.68. The summed E-state index contributed by atoms with van der Waals surface area (Å²) in [6, 6.07) is 1.89. The van der Waals surface area contributed by atoms with Crippen LogP contribution in [0.5, 0.6) is 0 Å². The molecule has 2 aromatic rings. The molecule has 0 aliphatic rings. The summed E-state index contributed by atoms with van der Waals surface area (Å²) in [6.45, 7) is 6.11. The molecule has 0 aliphatic heterocycles. The molecule has 0 bridgehead atoms. The number of hydrogen-bond acceptors (Lipinski definition) is 7. The average molecular weight is 278 g/mol. The van der Waals surface area contributed by atoms with E-state index in [4.69, 9.17) is 5.84 Å². The number of hydrazine groups is 1. The quantitative estimate of drug-likeness (QED) is 0.574. The summed E-state index contributed by atoms with van der Waals surface area (Å²) in [6.07, 6.45) is 2.64. The Morgan fingerprint density at radius 1 is 1.37 bits per heavy atom. The molecule has 6 nitrogen and oxygen atoms in total. The van der Waals surface area contributed by atoms with Crippen molar-refractivity contribution in [2.75, 3.05) is 10.7 Å². The summed E-state index contributed by atoms with van der Waals surface area (Å²) in [7, 11) is 0. The Labute approximate surface area is 116 Å². The van der Waals surface area contributed by atoms with Crippen LogP contribution < -0.4 is 16.6 Å². The fraction of sp³-hybridized carbons (Fsp3) is 0.417. The molecule has 2 aromatic heterocycles. The van der Waals surface area contributed by atoms with Crippen molar-refractivity contribution in [2.24, 2.45) is 5.84 Å². The van der Waals surface area contributed by atoms with Crippen LogP contribution >= 0.6 is 11.3 Å². The molecule has 1 unspecified atom stereocenters. The molecule has 0 fully saturated rings. The fourth-order valence-electron chi connectivity index (χ4n) is 1.66. The van der Waals surface area contributed by atoms with E-state index in [1.54, 1.807) is 17.4 Å². The number of anilines is 2. The highest BCUT2D eigenvalue weighted by Gasteiger charge is 2.11. The molecule has 0 radical (unpaired) electrons. The minimum atomic E-state index is 0.101. The number of aryl methyl sites for hydroxylation is 2. The summed E-state index contributed by atoms with van der Waals surface area (Å²) in [4.78, 5) is 14.3. The van der Waals surface area contributed by atoms with Crippen LogP contribution in [0.2, 0.25) is 0 Å². The number of nitrogens with zero attached hydrogens (tertiary/aromatic N) is 3. The first kappa shape index (κ1) is 13.7. The molecule has 19 heavy (non-hydrogen) atoms. The van der Waals surface area contributed by atoms with Crippen molar-refractivity contribution >= 4 is 23.0 Å². The van der Waals surface area contributed by atoms with E-state index in [-0.39, 0.29) is 6.04 Å². The third kappa shape index (κ3) is 3.39. The Bertz CT molecular complexity index is 531. The molecular formula is C12H18N6S. The molecule has 0 aromatic carbocycles. The summed E-state index contributed by atoms with van der Waals surface area (Å²) in [5.41, 5.74) is 2.56. The zero-order valence-corrected chi connectivity index (χ0v) is 12.1. The van der Waals surface area contributed by atoms with Gasteiger partial charge in [0.2, 0.25) is 0 Å². The normalized spacial score (nSPS) is 12.2. The SMILES string of the molecule is CCc1nc(NN)cc(NC(C)c2ncc(C)s2)n1. The van der Waals surface area contributed by atoms with Gasteiger partial charge in [0.25, 0.3) is 0 Å². The van der Waals surface area contributed by atoms with Crippen molar-refractivity contribution in [1.29, 1.82) is 0 Å². The van der Waals surface area contributed by atoms with Gasteiger partial charge in [0.1, 0.15) is 22.5 Å².